The molecular weight excluding hydrogens is 528 g/mol. The van der Waals surface area contributed by atoms with Gasteiger partial charge < -0.3 is 25.0 Å². The number of aliphatic hydroxyl groups excluding tert-OH is 2. The molecule has 3 aromatic rings. The molecule has 0 saturated carbocycles. The van der Waals surface area contributed by atoms with E-state index in [0.29, 0.717) is 19.0 Å². The van der Waals surface area contributed by atoms with Crippen LogP contribution in [0.15, 0.2) is 54.6 Å². The highest BCUT2D eigenvalue weighted by atomic mass is 35.5. The van der Waals surface area contributed by atoms with E-state index in [1.807, 2.05) is 55.5 Å². The van der Waals surface area contributed by atoms with E-state index in [2.05, 4.69) is 22.0 Å². The summed E-state index contributed by atoms with van der Waals surface area (Å²) in [6.07, 6.45) is 4.08. The molecule has 3 atom stereocenters. The zero-order valence-corrected chi connectivity index (χ0v) is 23.3. The molecule has 2 aromatic carbocycles. The van der Waals surface area contributed by atoms with Crippen molar-refractivity contribution in [3.8, 4) is 0 Å². The minimum atomic E-state index is -1.87. The van der Waals surface area contributed by atoms with Gasteiger partial charge in [0.2, 0.25) is 0 Å². The number of fused-ring (bicyclic) bond motifs is 1. The van der Waals surface area contributed by atoms with Crippen molar-refractivity contribution < 1.29 is 19.8 Å². The summed E-state index contributed by atoms with van der Waals surface area (Å²) in [6, 6.07) is 15.3. The molecule has 210 valence electrons. The topological polar surface area (TPSA) is 108 Å². The van der Waals surface area contributed by atoms with Crippen LogP contribution in [0, 0.1) is 6.92 Å². The number of aliphatic hydroxyl groups is 2. The molecule has 1 aromatic heterocycles. The van der Waals surface area contributed by atoms with Crippen molar-refractivity contribution in [2.24, 2.45) is 0 Å². The molecule has 0 bridgehead atoms. The summed E-state index contributed by atoms with van der Waals surface area (Å²) in [4.78, 5) is 32.0. The maximum absolute atomic E-state index is 13.1. The van der Waals surface area contributed by atoms with Gasteiger partial charge in [-0.15, -0.1) is 11.6 Å². The monoisotopic (exact) mass is 562 g/mol. The minimum absolute atomic E-state index is 0.164. The van der Waals surface area contributed by atoms with E-state index in [1.165, 1.54) is 0 Å². The van der Waals surface area contributed by atoms with Gasteiger partial charge in [0.05, 0.1) is 17.4 Å². The second kappa shape index (κ2) is 12.4. The summed E-state index contributed by atoms with van der Waals surface area (Å²) < 4.78 is 2.20. The molecule has 1 fully saturated rings. The predicted octanol–water partition coefficient (Wildman–Crippen LogP) is 3.64. The number of carbonyl (C=O) groups is 2. The number of allylic oxidation sites excluding steroid dienone is 1. The number of nitrogens with zero attached hydrogens (tertiary/aromatic N) is 3. The Balaban J connectivity index is 1.16. The SMILES string of the molecule is Cc1nc2c(n1Cc1ccc(CNC(=O)[C@H](O)[C@@H](O)C(=O)N3CCCC3c3cccc(CCl)c3)cc1)C=CCC2. The van der Waals surface area contributed by atoms with Gasteiger partial charge in [-0.1, -0.05) is 54.6 Å². The second-order valence-electron chi connectivity index (χ2n) is 10.5. The molecule has 2 aliphatic rings. The van der Waals surface area contributed by atoms with Gasteiger partial charge in [0.1, 0.15) is 5.82 Å². The number of hydrogen-bond donors (Lipinski definition) is 3. The molecule has 1 unspecified atom stereocenters. The molecule has 3 N–H and O–H groups in total. The Morgan fingerprint density at radius 2 is 1.88 bits per heavy atom. The number of alkyl halides is 1. The van der Waals surface area contributed by atoms with Crippen LogP contribution in [-0.2, 0) is 35.0 Å². The highest BCUT2D eigenvalue weighted by Crippen LogP contribution is 2.33. The quantitative estimate of drug-likeness (QED) is 0.345. The summed E-state index contributed by atoms with van der Waals surface area (Å²) in [6.45, 7) is 3.33. The summed E-state index contributed by atoms with van der Waals surface area (Å²) in [5, 5.41) is 23.8. The highest BCUT2D eigenvalue weighted by Gasteiger charge is 2.38. The average molecular weight is 563 g/mol. The maximum atomic E-state index is 13.1. The Bertz CT molecular complexity index is 1400. The van der Waals surface area contributed by atoms with Crippen molar-refractivity contribution >= 4 is 29.5 Å². The largest absolute Gasteiger partial charge is 0.380 e. The van der Waals surface area contributed by atoms with E-state index in [1.54, 1.807) is 4.90 Å². The number of imidazole rings is 1. The standard InChI is InChI=1S/C31H35ClN4O4/c1-20-34-25-8-2-3-9-27(25)36(20)19-22-13-11-21(12-14-22)18-33-30(39)28(37)29(38)31(40)35-15-5-10-26(35)24-7-4-6-23(16-24)17-32/h3-4,6-7,9,11-14,16,26,28-29,37-38H,2,5,8,10,15,17-19H2,1H3,(H,33,39)/t26?,28-,29-/m1/s1. The van der Waals surface area contributed by atoms with Crippen LogP contribution >= 0.6 is 11.6 Å². The number of likely N-dealkylation sites (tertiary alicyclic amines) is 1. The number of benzene rings is 2. The third kappa shape index (κ3) is 5.99. The fourth-order valence-electron chi connectivity index (χ4n) is 5.58. The van der Waals surface area contributed by atoms with Crippen LogP contribution in [0.5, 0.6) is 0 Å². The minimum Gasteiger partial charge on any atom is -0.380 e. The fraction of sp³-hybridized carbons (Fsp3) is 0.387. The summed E-state index contributed by atoms with van der Waals surface area (Å²) in [5.41, 5.74) is 6.12. The van der Waals surface area contributed by atoms with Gasteiger partial charge in [0, 0.05) is 25.5 Å². The molecule has 1 saturated heterocycles. The third-order valence-corrected chi connectivity index (χ3v) is 8.08. The van der Waals surface area contributed by atoms with E-state index in [0.717, 1.165) is 65.1 Å². The molecule has 0 radical (unpaired) electrons. The van der Waals surface area contributed by atoms with Crippen molar-refractivity contribution in [1.82, 2.24) is 19.8 Å². The molecule has 1 aliphatic carbocycles. The molecule has 2 heterocycles. The van der Waals surface area contributed by atoms with Crippen LogP contribution in [0.2, 0.25) is 0 Å². The lowest BCUT2D eigenvalue weighted by Gasteiger charge is -2.29. The van der Waals surface area contributed by atoms with E-state index < -0.39 is 24.0 Å². The van der Waals surface area contributed by atoms with E-state index >= 15 is 0 Å². The van der Waals surface area contributed by atoms with Crippen molar-refractivity contribution in [3.05, 3.63) is 94.1 Å². The molecule has 0 spiro atoms. The number of halogens is 1. The Hall–Kier alpha value is -3.46. The van der Waals surface area contributed by atoms with E-state index in [4.69, 9.17) is 16.6 Å². The zero-order chi connectivity index (χ0) is 28.2. The Kier molecular flexibility index (Phi) is 8.69. The third-order valence-electron chi connectivity index (χ3n) is 7.77. The first kappa shape index (κ1) is 28.1. The van der Waals surface area contributed by atoms with E-state index in [-0.39, 0.29) is 12.6 Å². The normalized spacial score (nSPS) is 17.9. The molecule has 1 aliphatic heterocycles. The van der Waals surface area contributed by atoms with Crippen molar-refractivity contribution in [1.29, 1.82) is 0 Å². The molecular formula is C31H35ClN4O4. The summed E-state index contributed by atoms with van der Waals surface area (Å²) in [7, 11) is 0. The fourth-order valence-corrected chi connectivity index (χ4v) is 5.74. The van der Waals surface area contributed by atoms with Gasteiger partial charge in [-0.25, -0.2) is 4.98 Å². The molecule has 2 amide bonds. The lowest BCUT2D eigenvalue weighted by Crippen LogP contribution is -2.50. The van der Waals surface area contributed by atoms with E-state index in [9.17, 15) is 19.8 Å². The number of nitrogens with one attached hydrogen (secondary N) is 1. The van der Waals surface area contributed by atoms with Crippen LogP contribution in [0.4, 0.5) is 0 Å². The van der Waals surface area contributed by atoms with Crippen molar-refractivity contribution in [2.75, 3.05) is 6.54 Å². The zero-order valence-electron chi connectivity index (χ0n) is 22.6. The first-order valence-corrected chi connectivity index (χ1v) is 14.3. The van der Waals surface area contributed by atoms with Gasteiger partial charge in [-0.3, -0.25) is 9.59 Å². The van der Waals surface area contributed by atoms with Crippen LogP contribution in [0.3, 0.4) is 0 Å². The van der Waals surface area contributed by atoms with Crippen molar-refractivity contribution in [2.45, 2.75) is 69.8 Å². The number of rotatable bonds is 9. The van der Waals surface area contributed by atoms with Crippen LogP contribution in [0.25, 0.3) is 6.08 Å². The first-order chi connectivity index (χ1) is 19.4. The van der Waals surface area contributed by atoms with Crippen molar-refractivity contribution in [3.63, 3.8) is 0 Å². The number of aryl methyl sites for hydroxylation is 2. The molecule has 8 nitrogen and oxygen atoms in total. The lowest BCUT2D eigenvalue weighted by molar-refractivity contribution is -0.153. The predicted molar refractivity (Wildman–Crippen MR) is 153 cm³/mol. The summed E-state index contributed by atoms with van der Waals surface area (Å²) >= 11 is 5.97. The van der Waals surface area contributed by atoms with Gasteiger partial charge in [0.25, 0.3) is 11.8 Å². The van der Waals surface area contributed by atoms with Gasteiger partial charge >= 0.3 is 0 Å². The molecule has 9 heteroatoms. The van der Waals surface area contributed by atoms with Gasteiger partial charge in [0.15, 0.2) is 12.2 Å². The smallest absolute Gasteiger partial charge is 0.255 e. The lowest BCUT2D eigenvalue weighted by atomic mass is 10.0. The average Bonchev–Trinajstić information content (AvgIpc) is 3.60. The number of amides is 2. The highest BCUT2D eigenvalue weighted by molar-refractivity contribution is 6.17. The Labute approximate surface area is 239 Å². The molecule has 5 rings (SSSR count). The Morgan fingerprint density at radius 3 is 2.65 bits per heavy atom. The summed E-state index contributed by atoms with van der Waals surface area (Å²) in [5.74, 6) is -0.101. The first-order valence-electron chi connectivity index (χ1n) is 13.7. The second-order valence-corrected chi connectivity index (χ2v) is 10.8. The van der Waals surface area contributed by atoms with Crippen LogP contribution in [0.1, 0.15) is 64.8 Å². The Morgan fingerprint density at radius 1 is 1.10 bits per heavy atom. The van der Waals surface area contributed by atoms with Crippen LogP contribution < -0.4 is 5.32 Å². The van der Waals surface area contributed by atoms with Gasteiger partial charge in [-0.05, 0) is 60.9 Å². The number of carbonyl (C=O) groups excluding carboxylic acids is 2. The maximum Gasteiger partial charge on any atom is 0.255 e. The molecule has 40 heavy (non-hydrogen) atoms. The number of hydrogen-bond acceptors (Lipinski definition) is 5. The van der Waals surface area contributed by atoms with Crippen LogP contribution in [-0.4, -0.2) is 55.2 Å². The van der Waals surface area contributed by atoms with Gasteiger partial charge in [-0.2, -0.15) is 0 Å². The number of aromatic nitrogens is 2.